The number of ether oxygens (including phenoxy) is 1. The molecule has 90 valence electrons. The first-order valence-electron chi connectivity index (χ1n) is 5.14. The molecule has 6 heteroatoms. The summed E-state index contributed by atoms with van der Waals surface area (Å²) in [6.07, 6.45) is 1.54. The van der Waals surface area contributed by atoms with Crippen molar-refractivity contribution in [1.82, 2.24) is 14.8 Å². The van der Waals surface area contributed by atoms with Gasteiger partial charge in [-0.2, -0.15) is 0 Å². The van der Waals surface area contributed by atoms with Crippen molar-refractivity contribution < 1.29 is 9.13 Å². The topological polar surface area (TPSA) is 66.0 Å². The second kappa shape index (κ2) is 4.92. The summed E-state index contributed by atoms with van der Waals surface area (Å²) >= 11 is 0. The van der Waals surface area contributed by atoms with Gasteiger partial charge in [0.25, 0.3) is 0 Å². The summed E-state index contributed by atoms with van der Waals surface area (Å²) in [5.41, 5.74) is 6.47. The Bertz CT molecular complexity index is 512. The van der Waals surface area contributed by atoms with Crippen LogP contribution >= 0.6 is 0 Å². The molecule has 0 atom stereocenters. The lowest BCUT2D eigenvalue weighted by molar-refractivity contribution is 0.187. The summed E-state index contributed by atoms with van der Waals surface area (Å²) in [4.78, 5) is 0. The van der Waals surface area contributed by atoms with Crippen molar-refractivity contribution in [1.29, 1.82) is 0 Å². The first-order valence-corrected chi connectivity index (χ1v) is 5.14. The summed E-state index contributed by atoms with van der Waals surface area (Å²) in [7, 11) is 1.60. The van der Waals surface area contributed by atoms with Crippen molar-refractivity contribution in [2.24, 2.45) is 0 Å². The maximum Gasteiger partial charge on any atom is 0.166 e. The first-order chi connectivity index (χ1) is 8.22. The fraction of sp³-hybridized carbons (Fsp3) is 0.273. The molecule has 0 spiro atoms. The van der Waals surface area contributed by atoms with Crippen LogP contribution in [0.5, 0.6) is 0 Å². The predicted molar refractivity (Wildman–Crippen MR) is 61.7 cm³/mol. The molecule has 0 aliphatic carbocycles. The van der Waals surface area contributed by atoms with Crippen LogP contribution in [-0.2, 0) is 11.3 Å². The van der Waals surface area contributed by atoms with Crippen LogP contribution in [0.15, 0.2) is 24.5 Å². The second-order valence-electron chi connectivity index (χ2n) is 3.58. The Hall–Kier alpha value is -1.95. The summed E-state index contributed by atoms with van der Waals surface area (Å²) in [5, 5.41) is 7.68. The molecule has 0 fully saturated rings. The maximum atomic E-state index is 13.7. The van der Waals surface area contributed by atoms with Gasteiger partial charge in [0.1, 0.15) is 12.1 Å². The van der Waals surface area contributed by atoms with Crippen molar-refractivity contribution in [3.63, 3.8) is 0 Å². The molecule has 1 aromatic carbocycles. The normalized spacial score (nSPS) is 10.7. The van der Waals surface area contributed by atoms with Crippen molar-refractivity contribution in [3.05, 3.63) is 30.3 Å². The summed E-state index contributed by atoms with van der Waals surface area (Å²) in [6, 6.07) is 4.37. The molecule has 0 radical (unpaired) electrons. The molecule has 0 aliphatic rings. The van der Waals surface area contributed by atoms with E-state index in [9.17, 15) is 4.39 Å². The number of nitrogens with zero attached hydrogens (tertiary/aromatic N) is 3. The van der Waals surface area contributed by atoms with E-state index in [1.165, 1.54) is 18.5 Å². The van der Waals surface area contributed by atoms with Crippen molar-refractivity contribution in [2.45, 2.75) is 6.54 Å². The number of hydrogen-bond donors (Lipinski definition) is 1. The van der Waals surface area contributed by atoms with Crippen LogP contribution in [0.25, 0.3) is 11.4 Å². The SMILES string of the molecule is COCCn1cnnc1-c1cc(N)ccc1F. The number of aromatic nitrogens is 3. The molecular formula is C11H13FN4O. The summed E-state index contributed by atoms with van der Waals surface area (Å²) < 4.78 is 20.4. The zero-order valence-corrected chi connectivity index (χ0v) is 9.43. The van der Waals surface area contributed by atoms with Crippen LogP contribution in [-0.4, -0.2) is 28.5 Å². The minimum absolute atomic E-state index is 0.346. The van der Waals surface area contributed by atoms with Gasteiger partial charge in [-0.25, -0.2) is 4.39 Å². The molecule has 0 saturated heterocycles. The van der Waals surface area contributed by atoms with Gasteiger partial charge in [0.05, 0.1) is 12.2 Å². The molecule has 0 saturated carbocycles. The van der Waals surface area contributed by atoms with Crippen LogP contribution in [0.3, 0.4) is 0 Å². The lowest BCUT2D eigenvalue weighted by Crippen LogP contribution is -2.05. The van der Waals surface area contributed by atoms with Gasteiger partial charge in [0, 0.05) is 19.3 Å². The Kier molecular flexibility index (Phi) is 3.34. The minimum atomic E-state index is -0.370. The van der Waals surface area contributed by atoms with Crippen molar-refractivity contribution >= 4 is 5.69 Å². The number of rotatable bonds is 4. The number of methoxy groups -OCH3 is 1. The van der Waals surface area contributed by atoms with Gasteiger partial charge in [-0.05, 0) is 18.2 Å². The van der Waals surface area contributed by atoms with E-state index >= 15 is 0 Å². The van der Waals surface area contributed by atoms with Gasteiger partial charge in [0.15, 0.2) is 5.82 Å². The van der Waals surface area contributed by atoms with Crippen molar-refractivity contribution in [2.75, 3.05) is 19.5 Å². The molecule has 0 aliphatic heterocycles. The van der Waals surface area contributed by atoms with E-state index in [-0.39, 0.29) is 5.82 Å². The quantitative estimate of drug-likeness (QED) is 0.813. The highest BCUT2D eigenvalue weighted by atomic mass is 19.1. The summed E-state index contributed by atoms with van der Waals surface area (Å²) in [5.74, 6) is 0.0812. The van der Waals surface area contributed by atoms with Crippen LogP contribution in [0, 0.1) is 5.82 Å². The number of benzene rings is 1. The third kappa shape index (κ3) is 2.42. The molecular weight excluding hydrogens is 223 g/mol. The Labute approximate surface area is 98.0 Å². The Morgan fingerprint density at radius 1 is 1.47 bits per heavy atom. The van der Waals surface area contributed by atoms with Gasteiger partial charge in [-0.1, -0.05) is 0 Å². The van der Waals surface area contributed by atoms with Gasteiger partial charge in [0.2, 0.25) is 0 Å². The fourth-order valence-electron chi connectivity index (χ4n) is 1.53. The zero-order chi connectivity index (χ0) is 12.3. The predicted octanol–water partition coefficient (Wildman–Crippen LogP) is 1.31. The van der Waals surface area contributed by atoms with E-state index in [4.69, 9.17) is 10.5 Å². The van der Waals surface area contributed by atoms with Gasteiger partial charge in [-0.3, -0.25) is 0 Å². The van der Waals surface area contributed by atoms with E-state index in [1.807, 2.05) is 0 Å². The van der Waals surface area contributed by atoms with E-state index in [0.29, 0.717) is 30.2 Å². The lowest BCUT2D eigenvalue weighted by atomic mass is 10.2. The highest BCUT2D eigenvalue weighted by Crippen LogP contribution is 2.22. The number of hydrogen-bond acceptors (Lipinski definition) is 4. The van der Waals surface area contributed by atoms with E-state index in [0.717, 1.165) is 0 Å². The Morgan fingerprint density at radius 3 is 3.06 bits per heavy atom. The van der Waals surface area contributed by atoms with E-state index in [1.54, 1.807) is 17.7 Å². The van der Waals surface area contributed by atoms with Gasteiger partial charge in [-0.15, -0.1) is 10.2 Å². The number of nitrogens with two attached hydrogens (primary N) is 1. The second-order valence-corrected chi connectivity index (χ2v) is 3.58. The molecule has 2 N–H and O–H groups in total. The highest BCUT2D eigenvalue weighted by molar-refractivity contribution is 5.61. The molecule has 5 nitrogen and oxygen atoms in total. The number of halogens is 1. The van der Waals surface area contributed by atoms with Crippen LogP contribution in [0.1, 0.15) is 0 Å². The standard InChI is InChI=1S/C11H13FN4O/c1-17-5-4-16-7-14-15-11(16)9-6-8(13)2-3-10(9)12/h2-3,6-7H,4-5,13H2,1H3. The van der Waals surface area contributed by atoms with E-state index in [2.05, 4.69) is 10.2 Å². The third-order valence-electron chi connectivity index (χ3n) is 2.38. The Morgan fingerprint density at radius 2 is 2.29 bits per heavy atom. The lowest BCUT2D eigenvalue weighted by Gasteiger charge is -2.07. The Balaban J connectivity index is 2.38. The smallest absolute Gasteiger partial charge is 0.166 e. The van der Waals surface area contributed by atoms with Crippen LogP contribution in [0.4, 0.5) is 10.1 Å². The molecule has 1 heterocycles. The van der Waals surface area contributed by atoms with Gasteiger partial charge >= 0.3 is 0 Å². The molecule has 0 bridgehead atoms. The largest absolute Gasteiger partial charge is 0.399 e. The molecule has 2 rings (SSSR count). The highest BCUT2D eigenvalue weighted by Gasteiger charge is 2.12. The average Bonchev–Trinajstić information content (AvgIpc) is 2.77. The molecule has 0 amide bonds. The monoisotopic (exact) mass is 236 g/mol. The zero-order valence-electron chi connectivity index (χ0n) is 9.43. The first kappa shape index (κ1) is 11.5. The minimum Gasteiger partial charge on any atom is -0.399 e. The average molecular weight is 236 g/mol. The maximum absolute atomic E-state index is 13.7. The third-order valence-corrected chi connectivity index (χ3v) is 2.38. The van der Waals surface area contributed by atoms with E-state index < -0.39 is 0 Å². The van der Waals surface area contributed by atoms with Crippen LogP contribution < -0.4 is 5.73 Å². The number of anilines is 1. The van der Waals surface area contributed by atoms with Crippen molar-refractivity contribution in [3.8, 4) is 11.4 Å². The number of nitrogen functional groups attached to an aromatic ring is 1. The molecule has 0 unspecified atom stereocenters. The fourth-order valence-corrected chi connectivity index (χ4v) is 1.53. The molecule has 2 aromatic rings. The molecule has 17 heavy (non-hydrogen) atoms. The molecule has 1 aromatic heterocycles. The van der Waals surface area contributed by atoms with Gasteiger partial charge < -0.3 is 15.0 Å². The van der Waals surface area contributed by atoms with Crippen LogP contribution in [0.2, 0.25) is 0 Å². The summed E-state index contributed by atoms with van der Waals surface area (Å²) in [6.45, 7) is 1.07.